The van der Waals surface area contributed by atoms with Crippen molar-refractivity contribution in [2.75, 3.05) is 37.8 Å². The van der Waals surface area contributed by atoms with Crippen molar-refractivity contribution in [1.82, 2.24) is 4.98 Å². The fraction of sp³-hybridized carbons (Fsp3) is 0.412. The highest BCUT2D eigenvalue weighted by molar-refractivity contribution is 5.94. The summed E-state index contributed by atoms with van der Waals surface area (Å²) in [5.41, 5.74) is 2.28. The first kappa shape index (κ1) is 13.5. The molecule has 0 aliphatic carbocycles. The highest BCUT2D eigenvalue weighted by Crippen LogP contribution is 2.35. The molecule has 0 radical (unpaired) electrons. The first-order valence-electron chi connectivity index (χ1n) is 7.56. The van der Waals surface area contributed by atoms with Gasteiger partial charge in [0.1, 0.15) is 11.7 Å². The number of anilines is 1. The average molecular weight is 295 g/mol. The molecule has 1 atom stereocenters. The molecule has 2 aliphatic heterocycles. The Labute approximate surface area is 129 Å². The minimum Gasteiger partial charge on any atom is -0.378 e. The Bertz CT molecular complexity index is 747. The lowest BCUT2D eigenvalue weighted by atomic mass is 9.99. The lowest BCUT2D eigenvalue weighted by Crippen LogP contribution is -2.52. The van der Waals surface area contributed by atoms with Gasteiger partial charge in [0.2, 0.25) is 0 Å². The molecule has 2 saturated heterocycles. The van der Waals surface area contributed by atoms with Crippen LogP contribution in [0.15, 0.2) is 30.5 Å². The van der Waals surface area contributed by atoms with E-state index in [4.69, 9.17) is 9.47 Å². The van der Waals surface area contributed by atoms with Crippen molar-refractivity contribution in [1.29, 1.82) is 5.26 Å². The quantitative estimate of drug-likeness (QED) is 0.806. The van der Waals surface area contributed by atoms with Gasteiger partial charge in [-0.3, -0.25) is 4.98 Å². The van der Waals surface area contributed by atoms with Crippen molar-refractivity contribution in [3.05, 3.63) is 36.0 Å². The SMILES string of the molecule is N#Cc1cnc2ccccc2c1N1CCOC2(CCOC2)C1. The van der Waals surface area contributed by atoms with Crippen LogP contribution in [0.25, 0.3) is 10.9 Å². The topological polar surface area (TPSA) is 58.4 Å². The molecular formula is C17H17N3O2. The smallest absolute Gasteiger partial charge is 0.111 e. The van der Waals surface area contributed by atoms with Crippen molar-refractivity contribution in [3.8, 4) is 6.07 Å². The number of ether oxygens (including phenoxy) is 2. The third-order valence-electron chi connectivity index (χ3n) is 4.50. The number of aromatic nitrogens is 1. The summed E-state index contributed by atoms with van der Waals surface area (Å²) in [6.07, 6.45) is 2.58. The molecule has 1 aromatic heterocycles. The van der Waals surface area contributed by atoms with E-state index < -0.39 is 0 Å². The van der Waals surface area contributed by atoms with Gasteiger partial charge in [-0.15, -0.1) is 0 Å². The van der Waals surface area contributed by atoms with Gasteiger partial charge in [-0.05, 0) is 6.07 Å². The summed E-state index contributed by atoms with van der Waals surface area (Å²) in [5.74, 6) is 0. The second-order valence-corrected chi connectivity index (χ2v) is 5.91. The Morgan fingerprint density at radius 3 is 3.00 bits per heavy atom. The van der Waals surface area contributed by atoms with E-state index in [-0.39, 0.29) is 5.60 Å². The maximum absolute atomic E-state index is 9.49. The van der Waals surface area contributed by atoms with E-state index in [2.05, 4.69) is 16.0 Å². The first-order valence-corrected chi connectivity index (χ1v) is 7.56. The molecular weight excluding hydrogens is 278 g/mol. The van der Waals surface area contributed by atoms with Crippen LogP contribution >= 0.6 is 0 Å². The summed E-state index contributed by atoms with van der Waals surface area (Å²) in [7, 11) is 0. The second-order valence-electron chi connectivity index (χ2n) is 5.91. The Morgan fingerprint density at radius 2 is 2.18 bits per heavy atom. The molecule has 5 nitrogen and oxygen atoms in total. The Morgan fingerprint density at radius 1 is 1.27 bits per heavy atom. The molecule has 0 N–H and O–H groups in total. The number of fused-ring (bicyclic) bond motifs is 1. The van der Waals surface area contributed by atoms with Gasteiger partial charge >= 0.3 is 0 Å². The third kappa shape index (κ3) is 2.12. The van der Waals surface area contributed by atoms with Gasteiger partial charge in [-0.2, -0.15) is 5.26 Å². The number of hydrogen-bond acceptors (Lipinski definition) is 5. The van der Waals surface area contributed by atoms with E-state index in [1.807, 2.05) is 24.3 Å². The zero-order chi connectivity index (χ0) is 15.0. The van der Waals surface area contributed by atoms with Crippen LogP contribution in [0.2, 0.25) is 0 Å². The fourth-order valence-corrected chi connectivity index (χ4v) is 3.41. The second kappa shape index (κ2) is 5.24. The van der Waals surface area contributed by atoms with Crippen molar-refractivity contribution < 1.29 is 9.47 Å². The minimum absolute atomic E-state index is 0.227. The zero-order valence-electron chi connectivity index (χ0n) is 12.3. The molecule has 2 aliphatic rings. The largest absolute Gasteiger partial charge is 0.378 e. The summed E-state index contributed by atoms with van der Waals surface area (Å²) in [6, 6.07) is 10.3. The summed E-state index contributed by atoms with van der Waals surface area (Å²) >= 11 is 0. The van der Waals surface area contributed by atoms with Gasteiger partial charge in [-0.1, -0.05) is 18.2 Å². The average Bonchev–Trinajstić information content (AvgIpc) is 3.01. The predicted octanol–water partition coefficient (Wildman–Crippen LogP) is 2.10. The number of morpholine rings is 1. The molecule has 5 heteroatoms. The van der Waals surface area contributed by atoms with E-state index in [0.717, 1.165) is 42.7 Å². The minimum atomic E-state index is -0.227. The Balaban J connectivity index is 1.81. The molecule has 1 aromatic carbocycles. The normalized spacial score (nSPS) is 24.8. The van der Waals surface area contributed by atoms with Gasteiger partial charge in [0.15, 0.2) is 0 Å². The zero-order valence-corrected chi connectivity index (χ0v) is 12.3. The number of hydrogen-bond donors (Lipinski definition) is 0. The van der Waals surface area contributed by atoms with Gasteiger partial charge in [0.05, 0.1) is 30.0 Å². The number of rotatable bonds is 1. The molecule has 1 unspecified atom stereocenters. The number of benzene rings is 1. The molecule has 1 spiro atoms. The van der Waals surface area contributed by atoms with Crippen LogP contribution in [0, 0.1) is 11.3 Å². The van der Waals surface area contributed by atoms with Crippen LogP contribution < -0.4 is 4.90 Å². The van der Waals surface area contributed by atoms with E-state index >= 15 is 0 Å². The molecule has 2 fully saturated rings. The summed E-state index contributed by atoms with van der Waals surface area (Å²) < 4.78 is 11.5. The van der Waals surface area contributed by atoms with E-state index in [1.54, 1.807) is 6.20 Å². The van der Waals surface area contributed by atoms with Gasteiger partial charge in [0.25, 0.3) is 0 Å². The van der Waals surface area contributed by atoms with Crippen molar-refractivity contribution in [2.24, 2.45) is 0 Å². The maximum Gasteiger partial charge on any atom is 0.111 e. The molecule has 112 valence electrons. The lowest BCUT2D eigenvalue weighted by molar-refractivity contribution is -0.0578. The maximum atomic E-state index is 9.49. The molecule has 0 saturated carbocycles. The van der Waals surface area contributed by atoms with Crippen molar-refractivity contribution in [2.45, 2.75) is 12.0 Å². The van der Waals surface area contributed by atoms with E-state index in [1.165, 1.54) is 0 Å². The van der Waals surface area contributed by atoms with E-state index in [9.17, 15) is 5.26 Å². The van der Waals surface area contributed by atoms with Crippen LogP contribution in [-0.2, 0) is 9.47 Å². The Hall–Kier alpha value is -2.16. The van der Waals surface area contributed by atoms with Gasteiger partial charge in [-0.25, -0.2) is 0 Å². The van der Waals surface area contributed by atoms with Crippen molar-refractivity contribution in [3.63, 3.8) is 0 Å². The Kier molecular flexibility index (Phi) is 3.21. The molecule has 22 heavy (non-hydrogen) atoms. The first-order chi connectivity index (χ1) is 10.8. The molecule has 2 aromatic rings. The monoisotopic (exact) mass is 295 g/mol. The molecule has 4 rings (SSSR count). The van der Waals surface area contributed by atoms with E-state index in [0.29, 0.717) is 18.8 Å². The molecule has 3 heterocycles. The summed E-state index contributed by atoms with van der Waals surface area (Å²) in [5, 5.41) is 10.5. The van der Waals surface area contributed by atoms with Crippen molar-refractivity contribution >= 4 is 16.6 Å². The number of pyridine rings is 1. The van der Waals surface area contributed by atoms with Crippen LogP contribution in [0.3, 0.4) is 0 Å². The molecule has 0 amide bonds. The van der Waals surface area contributed by atoms with Crippen LogP contribution in [0.1, 0.15) is 12.0 Å². The number of nitriles is 1. The number of para-hydroxylation sites is 1. The summed E-state index contributed by atoms with van der Waals surface area (Å²) in [6.45, 7) is 3.58. The summed E-state index contributed by atoms with van der Waals surface area (Å²) in [4.78, 5) is 6.66. The molecule has 0 bridgehead atoms. The predicted molar refractivity (Wildman–Crippen MR) is 82.8 cm³/mol. The van der Waals surface area contributed by atoms with Gasteiger partial charge < -0.3 is 14.4 Å². The third-order valence-corrected chi connectivity index (χ3v) is 4.50. The van der Waals surface area contributed by atoms with Crippen LogP contribution in [-0.4, -0.2) is 43.5 Å². The standard InChI is InChI=1S/C17H17N3O2/c18-9-13-10-19-15-4-2-1-3-14(15)16(13)20-6-8-22-17(11-20)5-7-21-12-17/h1-4,10H,5-8,11-12H2. The lowest BCUT2D eigenvalue weighted by Gasteiger charge is -2.41. The van der Waals surface area contributed by atoms with Crippen LogP contribution in [0.4, 0.5) is 5.69 Å². The highest BCUT2D eigenvalue weighted by atomic mass is 16.6. The van der Waals surface area contributed by atoms with Gasteiger partial charge in [0, 0.05) is 37.7 Å². The number of nitrogens with zero attached hydrogens (tertiary/aromatic N) is 3. The fourth-order valence-electron chi connectivity index (χ4n) is 3.41. The highest BCUT2D eigenvalue weighted by Gasteiger charge is 2.41. The van der Waals surface area contributed by atoms with Crippen LogP contribution in [0.5, 0.6) is 0 Å².